The van der Waals surface area contributed by atoms with Gasteiger partial charge in [-0.05, 0) is 36.6 Å². The lowest BCUT2D eigenvalue weighted by atomic mass is 10.1. The third-order valence-electron chi connectivity index (χ3n) is 5.09. The van der Waals surface area contributed by atoms with E-state index in [1.54, 1.807) is 23.1 Å². The van der Waals surface area contributed by atoms with E-state index in [1.807, 2.05) is 17.9 Å². The maximum atomic E-state index is 12.8. The van der Waals surface area contributed by atoms with Gasteiger partial charge in [0, 0.05) is 32.4 Å². The quantitative estimate of drug-likeness (QED) is 0.639. The molecule has 30 heavy (non-hydrogen) atoms. The molecule has 0 unspecified atom stereocenters. The minimum atomic E-state index is -4.43. The van der Waals surface area contributed by atoms with E-state index in [1.165, 1.54) is 6.07 Å². The molecule has 1 saturated heterocycles. The molecule has 0 bridgehead atoms. The molecular weight excluding hydrogens is 399 g/mol. The first-order valence-electron chi connectivity index (χ1n) is 9.34. The van der Waals surface area contributed by atoms with E-state index in [0.29, 0.717) is 42.8 Å². The van der Waals surface area contributed by atoms with Crippen LogP contribution in [0.4, 0.5) is 19.0 Å². The van der Waals surface area contributed by atoms with Crippen LogP contribution < -0.4 is 10.5 Å². The monoisotopic (exact) mass is 417 g/mol. The Morgan fingerprint density at radius 3 is 2.43 bits per heavy atom. The molecule has 3 heterocycles. The number of hydrogen-bond donors (Lipinski definition) is 0. The lowest BCUT2D eigenvalue weighted by Gasteiger charge is -2.35. The van der Waals surface area contributed by atoms with Crippen LogP contribution in [-0.2, 0) is 6.18 Å². The number of anilines is 1. The Morgan fingerprint density at radius 1 is 1.07 bits per heavy atom. The lowest BCUT2D eigenvalue weighted by Crippen LogP contribution is -2.49. The largest absolute Gasteiger partial charge is 0.417 e. The SMILES string of the molecule is Cc1ccc2cc(C(=O)N3CCN(c4ccc(C(F)(F)F)cn4)CC3)oc(=O)c2c1. The molecule has 1 amide bonds. The van der Waals surface area contributed by atoms with Crippen molar-refractivity contribution < 1.29 is 22.4 Å². The molecule has 0 atom stereocenters. The van der Waals surface area contributed by atoms with Crippen molar-refractivity contribution >= 4 is 22.5 Å². The summed E-state index contributed by atoms with van der Waals surface area (Å²) in [6, 6.07) is 9.21. The van der Waals surface area contributed by atoms with E-state index in [-0.39, 0.29) is 5.76 Å². The van der Waals surface area contributed by atoms with E-state index >= 15 is 0 Å². The van der Waals surface area contributed by atoms with Gasteiger partial charge in [0.15, 0.2) is 5.76 Å². The van der Waals surface area contributed by atoms with Crippen LogP contribution in [0.15, 0.2) is 51.8 Å². The Hall–Kier alpha value is -3.36. The molecule has 0 saturated carbocycles. The summed E-state index contributed by atoms with van der Waals surface area (Å²) in [6.07, 6.45) is -3.63. The predicted octanol–water partition coefficient (Wildman–Crippen LogP) is 3.48. The summed E-state index contributed by atoms with van der Waals surface area (Å²) in [7, 11) is 0. The number of benzene rings is 1. The average molecular weight is 417 g/mol. The van der Waals surface area contributed by atoms with Gasteiger partial charge >= 0.3 is 11.8 Å². The molecule has 0 radical (unpaired) electrons. The summed E-state index contributed by atoms with van der Waals surface area (Å²) < 4.78 is 43.3. The molecule has 4 rings (SSSR count). The van der Waals surface area contributed by atoms with Crippen molar-refractivity contribution in [1.82, 2.24) is 9.88 Å². The minimum Gasteiger partial charge on any atom is -0.417 e. The number of alkyl halides is 3. The second-order valence-corrected chi connectivity index (χ2v) is 7.17. The highest BCUT2D eigenvalue weighted by atomic mass is 19.4. The van der Waals surface area contributed by atoms with Gasteiger partial charge in [-0.2, -0.15) is 13.2 Å². The number of hydrogen-bond acceptors (Lipinski definition) is 5. The highest BCUT2D eigenvalue weighted by Gasteiger charge is 2.31. The first kappa shape index (κ1) is 19.9. The first-order chi connectivity index (χ1) is 14.2. The average Bonchev–Trinajstić information content (AvgIpc) is 2.73. The van der Waals surface area contributed by atoms with Crippen LogP contribution >= 0.6 is 0 Å². The highest BCUT2D eigenvalue weighted by Crippen LogP contribution is 2.29. The van der Waals surface area contributed by atoms with E-state index in [2.05, 4.69) is 4.98 Å². The van der Waals surface area contributed by atoms with E-state index in [0.717, 1.165) is 17.8 Å². The van der Waals surface area contributed by atoms with Crippen molar-refractivity contribution in [2.45, 2.75) is 13.1 Å². The van der Waals surface area contributed by atoms with Crippen molar-refractivity contribution in [3.8, 4) is 0 Å². The topological polar surface area (TPSA) is 66.7 Å². The molecular formula is C21H18F3N3O3. The molecule has 9 heteroatoms. The molecule has 1 fully saturated rings. The van der Waals surface area contributed by atoms with Crippen LogP contribution in [0.25, 0.3) is 10.8 Å². The Labute approximate surface area is 169 Å². The summed E-state index contributed by atoms with van der Waals surface area (Å²) in [5.41, 5.74) is -0.449. The Balaban J connectivity index is 1.46. The molecule has 3 aromatic rings. The van der Waals surface area contributed by atoms with Gasteiger partial charge in [0.25, 0.3) is 5.91 Å². The summed E-state index contributed by atoms with van der Waals surface area (Å²) in [5, 5.41) is 1.05. The molecule has 0 N–H and O–H groups in total. The van der Waals surface area contributed by atoms with Crippen LogP contribution in [0, 0.1) is 6.92 Å². The van der Waals surface area contributed by atoms with Crippen LogP contribution in [0.2, 0.25) is 0 Å². The number of carbonyl (C=O) groups is 1. The predicted molar refractivity (Wildman–Crippen MR) is 105 cm³/mol. The van der Waals surface area contributed by atoms with Crippen LogP contribution in [-0.4, -0.2) is 42.0 Å². The molecule has 1 aliphatic rings. The van der Waals surface area contributed by atoms with Crippen LogP contribution in [0.1, 0.15) is 21.7 Å². The van der Waals surface area contributed by atoms with E-state index in [4.69, 9.17) is 4.42 Å². The van der Waals surface area contributed by atoms with Crippen LogP contribution in [0.5, 0.6) is 0 Å². The summed E-state index contributed by atoms with van der Waals surface area (Å²) in [6.45, 7) is 3.33. The van der Waals surface area contributed by atoms with Crippen LogP contribution in [0.3, 0.4) is 0 Å². The number of aromatic nitrogens is 1. The van der Waals surface area contributed by atoms with Crippen molar-refractivity contribution in [3.63, 3.8) is 0 Å². The van der Waals surface area contributed by atoms with Crippen molar-refractivity contribution in [2.75, 3.05) is 31.1 Å². The Kier molecular flexibility index (Phi) is 4.97. The second-order valence-electron chi connectivity index (χ2n) is 7.17. The normalized spacial score (nSPS) is 14.9. The zero-order valence-corrected chi connectivity index (χ0v) is 16.1. The number of amides is 1. The van der Waals surface area contributed by atoms with Gasteiger partial charge in [0.1, 0.15) is 5.82 Å². The lowest BCUT2D eigenvalue weighted by molar-refractivity contribution is -0.137. The summed E-state index contributed by atoms with van der Waals surface area (Å²) >= 11 is 0. The van der Waals surface area contributed by atoms with E-state index in [9.17, 15) is 22.8 Å². The van der Waals surface area contributed by atoms with Gasteiger partial charge in [-0.1, -0.05) is 17.7 Å². The molecule has 1 aliphatic heterocycles. The van der Waals surface area contributed by atoms with Crippen molar-refractivity contribution in [2.24, 2.45) is 0 Å². The minimum absolute atomic E-state index is 0.0301. The molecule has 6 nitrogen and oxygen atoms in total. The third-order valence-corrected chi connectivity index (χ3v) is 5.09. The van der Waals surface area contributed by atoms with Gasteiger partial charge in [-0.15, -0.1) is 0 Å². The zero-order chi connectivity index (χ0) is 21.5. The molecule has 1 aromatic carbocycles. The molecule has 0 aliphatic carbocycles. The second kappa shape index (κ2) is 7.47. The van der Waals surface area contributed by atoms with Gasteiger partial charge in [0.05, 0.1) is 10.9 Å². The first-order valence-corrected chi connectivity index (χ1v) is 9.34. The summed E-state index contributed by atoms with van der Waals surface area (Å²) in [5.74, 6) is -0.00484. The number of fused-ring (bicyclic) bond motifs is 1. The smallest absolute Gasteiger partial charge is 0.417 e. The fourth-order valence-electron chi connectivity index (χ4n) is 3.44. The zero-order valence-electron chi connectivity index (χ0n) is 16.1. The molecule has 156 valence electrons. The van der Waals surface area contributed by atoms with E-state index < -0.39 is 23.3 Å². The number of halogens is 3. The maximum absolute atomic E-state index is 12.8. The van der Waals surface area contributed by atoms with Crippen molar-refractivity contribution in [1.29, 1.82) is 0 Å². The van der Waals surface area contributed by atoms with Gasteiger partial charge in [-0.3, -0.25) is 4.79 Å². The highest BCUT2D eigenvalue weighted by molar-refractivity contribution is 5.95. The molecule has 2 aromatic heterocycles. The van der Waals surface area contributed by atoms with Gasteiger partial charge in [-0.25, -0.2) is 9.78 Å². The number of aryl methyl sites for hydroxylation is 1. The standard InChI is InChI=1S/C21H18F3N3O3/c1-13-2-3-14-11-17(30-20(29)16(14)10-13)19(28)27-8-6-26(7-9-27)18-5-4-15(12-25-18)21(22,23)24/h2-5,10-12H,6-9H2,1H3. The number of rotatable bonds is 2. The fourth-order valence-corrected chi connectivity index (χ4v) is 3.44. The van der Waals surface area contributed by atoms with Crippen molar-refractivity contribution in [3.05, 3.63) is 69.9 Å². The number of carbonyl (C=O) groups excluding carboxylic acids is 1. The fraction of sp³-hybridized carbons (Fsp3) is 0.286. The maximum Gasteiger partial charge on any atom is 0.417 e. The number of nitrogens with zero attached hydrogens (tertiary/aromatic N) is 3. The van der Waals surface area contributed by atoms with Gasteiger partial charge < -0.3 is 14.2 Å². The third kappa shape index (κ3) is 3.87. The Morgan fingerprint density at radius 2 is 1.80 bits per heavy atom. The summed E-state index contributed by atoms with van der Waals surface area (Å²) in [4.78, 5) is 32.3. The Bertz CT molecular complexity index is 1150. The van der Waals surface area contributed by atoms with Gasteiger partial charge in [0.2, 0.25) is 0 Å². The molecule has 0 spiro atoms. The number of pyridine rings is 1. The number of piperazine rings is 1.